The Morgan fingerprint density at radius 3 is 2.79 bits per heavy atom. The summed E-state index contributed by atoms with van der Waals surface area (Å²) < 4.78 is 31.8. The lowest BCUT2D eigenvalue weighted by atomic mass is 9.97. The minimum atomic E-state index is -1.93. The van der Waals surface area contributed by atoms with E-state index in [1.54, 1.807) is 48.0 Å². The molecular weight excluding hydrogens is 380 g/mol. The van der Waals surface area contributed by atoms with Gasteiger partial charge in [-0.15, -0.1) is 21.5 Å². The second kappa shape index (κ2) is 6.13. The predicted octanol–water partition coefficient (Wildman–Crippen LogP) is 4.77. The van der Waals surface area contributed by atoms with Crippen molar-refractivity contribution in [2.75, 3.05) is 0 Å². The summed E-state index contributed by atoms with van der Waals surface area (Å²) in [7, 11) is 0. The third-order valence-corrected chi connectivity index (χ3v) is 5.47. The van der Waals surface area contributed by atoms with E-state index in [0.29, 0.717) is 22.5 Å². The fourth-order valence-corrected chi connectivity index (χ4v) is 3.88. The Morgan fingerprint density at radius 1 is 1.04 bits per heavy atom. The average Bonchev–Trinajstić information content (AvgIpc) is 3.33. The molecule has 138 valence electrons. The summed E-state index contributed by atoms with van der Waals surface area (Å²) in [6.45, 7) is 1.43. The van der Waals surface area contributed by atoms with E-state index >= 15 is 4.39 Å². The summed E-state index contributed by atoms with van der Waals surface area (Å²) in [5.74, 6) is -0.304. The Balaban J connectivity index is 1.66. The molecule has 0 saturated carbocycles. The lowest BCUT2D eigenvalue weighted by Gasteiger charge is -2.18. The van der Waals surface area contributed by atoms with Gasteiger partial charge >= 0.3 is 0 Å². The molecule has 1 unspecified atom stereocenters. The highest BCUT2D eigenvalue weighted by atomic mass is 32.1. The molecule has 0 saturated heterocycles. The third kappa shape index (κ3) is 2.65. The molecule has 3 aromatic heterocycles. The van der Waals surface area contributed by atoms with E-state index in [1.807, 2.05) is 0 Å². The molecule has 28 heavy (non-hydrogen) atoms. The van der Waals surface area contributed by atoms with Crippen molar-refractivity contribution in [1.29, 1.82) is 0 Å². The van der Waals surface area contributed by atoms with E-state index in [2.05, 4.69) is 20.3 Å². The molecular formula is C20H13F2N5S. The number of benzene rings is 2. The predicted molar refractivity (Wildman–Crippen MR) is 103 cm³/mol. The highest BCUT2D eigenvalue weighted by Gasteiger charge is 2.35. The van der Waals surface area contributed by atoms with Crippen LogP contribution in [0.4, 0.5) is 8.78 Å². The zero-order valence-corrected chi connectivity index (χ0v) is 15.5. The minimum Gasteiger partial charge on any atom is -0.245 e. The van der Waals surface area contributed by atoms with Gasteiger partial charge in [-0.05, 0) is 48.9 Å². The first kappa shape index (κ1) is 16.9. The maximum atomic E-state index is 15.9. The zero-order chi connectivity index (χ0) is 19.3. The van der Waals surface area contributed by atoms with E-state index in [1.165, 1.54) is 34.9 Å². The van der Waals surface area contributed by atoms with Gasteiger partial charge in [0.1, 0.15) is 5.82 Å². The van der Waals surface area contributed by atoms with Crippen molar-refractivity contribution in [2.24, 2.45) is 0 Å². The van der Waals surface area contributed by atoms with E-state index in [0.717, 1.165) is 10.2 Å². The van der Waals surface area contributed by atoms with E-state index in [-0.39, 0.29) is 11.6 Å². The van der Waals surface area contributed by atoms with Gasteiger partial charge in [-0.2, -0.15) is 9.61 Å². The fourth-order valence-electron chi connectivity index (χ4n) is 3.16. The van der Waals surface area contributed by atoms with Crippen LogP contribution < -0.4 is 0 Å². The molecule has 0 bridgehead atoms. The molecule has 5 nitrogen and oxygen atoms in total. The van der Waals surface area contributed by atoms with Gasteiger partial charge < -0.3 is 0 Å². The Hall–Kier alpha value is -3.26. The first-order chi connectivity index (χ1) is 13.5. The van der Waals surface area contributed by atoms with Gasteiger partial charge in [-0.1, -0.05) is 18.2 Å². The molecule has 0 aliphatic carbocycles. The van der Waals surface area contributed by atoms with Crippen molar-refractivity contribution in [3.63, 3.8) is 0 Å². The van der Waals surface area contributed by atoms with Crippen LogP contribution in [0.15, 0.2) is 60.1 Å². The molecule has 0 aliphatic rings. The third-order valence-electron chi connectivity index (χ3n) is 4.68. The van der Waals surface area contributed by atoms with Crippen LogP contribution in [0, 0.1) is 5.82 Å². The number of thiazole rings is 1. The van der Waals surface area contributed by atoms with Crippen molar-refractivity contribution < 1.29 is 8.78 Å². The second-order valence-electron chi connectivity index (χ2n) is 6.56. The SMILES string of the molecule is CC(F)(c1ccc2ncsc2c1)c1nnc2ccc(-c3cccc(F)c3)nn12. The van der Waals surface area contributed by atoms with Crippen LogP contribution in [0.25, 0.3) is 27.1 Å². The summed E-state index contributed by atoms with van der Waals surface area (Å²) in [4.78, 5) is 4.23. The molecule has 0 spiro atoms. The smallest absolute Gasteiger partial charge is 0.196 e. The summed E-state index contributed by atoms with van der Waals surface area (Å²) >= 11 is 1.45. The van der Waals surface area contributed by atoms with Gasteiger partial charge in [0.2, 0.25) is 0 Å². The second-order valence-corrected chi connectivity index (χ2v) is 7.45. The number of rotatable bonds is 3. The Labute approximate surface area is 162 Å². The quantitative estimate of drug-likeness (QED) is 0.443. The van der Waals surface area contributed by atoms with Crippen molar-refractivity contribution >= 4 is 27.2 Å². The monoisotopic (exact) mass is 393 g/mol. The molecule has 5 aromatic rings. The van der Waals surface area contributed by atoms with Crippen molar-refractivity contribution in [3.05, 3.63) is 77.3 Å². The molecule has 2 aromatic carbocycles. The zero-order valence-electron chi connectivity index (χ0n) is 14.7. The van der Waals surface area contributed by atoms with Gasteiger partial charge in [0.15, 0.2) is 17.1 Å². The van der Waals surface area contributed by atoms with Crippen LogP contribution in [-0.4, -0.2) is 24.8 Å². The van der Waals surface area contributed by atoms with Crippen LogP contribution >= 0.6 is 11.3 Å². The molecule has 0 radical (unpaired) electrons. The number of nitrogens with zero attached hydrogens (tertiary/aromatic N) is 5. The summed E-state index contributed by atoms with van der Waals surface area (Å²) in [6.07, 6.45) is 0. The van der Waals surface area contributed by atoms with Crippen LogP contribution in [0.3, 0.4) is 0 Å². The van der Waals surface area contributed by atoms with Crippen LogP contribution in [-0.2, 0) is 5.67 Å². The number of aromatic nitrogens is 5. The van der Waals surface area contributed by atoms with Gasteiger partial charge in [0.25, 0.3) is 0 Å². The fraction of sp³-hybridized carbons (Fsp3) is 0.100. The largest absolute Gasteiger partial charge is 0.245 e. The number of alkyl halides is 1. The number of halogens is 2. The van der Waals surface area contributed by atoms with Crippen molar-refractivity contribution in [3.8, 4) is 11.3 Å². The molecule has 0 fully saturated rings. The maximum Gasteiger partial charge on any atom is 0.196 e. The Bertz CT molecular complexity index is 1320. The Kier molecular flexibility index (Phi) is 3.70. The summed E-state index contributed by atoms with van der Waals surface area (Å²) in [5.41, 5.74) is 2.57. The first-order valence-corrected chi connectivity index (χ1v) is 9.42. The lowest BCUT2D eigenvalue weighted by Crippen LogP contribution is -2.21. The van der Waals surface area contributed by atoms with E-state index in [9.17, 15) is 4.39 Å². The molecule has 0 aliphatic heterocycles. The highest BCUT2D eigenvalue weighted by molar-refractivity contribution is 7.16. The Morgan fingerprint density at radius 2 is 1.93 bits per heavy atom. The van der Waals surface area contributed by atoms with Gasteiger partial charge in [-0.3, -0.25) is 0 Å². The molecule has 0 N–H and O–H groups in total. The molecule has 5 rings (SSSR count). The summed E-state index contributed by atoms with van der Waals surface area (Å²) in [5, 5.41) is 12.6. The number of hydrogen-bond donors (Lipinski definition) is 0. The minimum absolute atomic E-state index is 0.0598. The van der Waals surface area contributed by atoms with Crippen molar-refractivity contribution in [2.45, 2.75) is 12.6 Å². The molecule has 1 atom stereocenters. The average molecular weight is 393 g/mol. The van der Waals surface area contributed by atoms with Crippen molar-refractivity contribution in [1.82, 2.24) is 24.8 Å². The van der Waals surface area contributed by atoms with Crippen LogP contribution in [0.5, 0.6) is 0 Å². The van der Waals surface area contributed by atoms with Gasteiger partial charge in [0, 0.05) is 5.56 Å². The highest BCUT2D eigenvalue weighted by Crippen LogP contribution is 2.35. The molecule has 8 heteroatoms. The van der Waals surface area contributed by atoms with Crippen LogP contribution in [0.1, 0.15) is 18.3 Å². The van der Waals surface area contributed by atoms with Crippen LogP contribution in [0.2, 0.25) is 0 Å². The normalized spacial score (nSPS) is 13.8. The topological polar surface area (TPSA) is 56.0 Å². The van der Waals surface area contributed by atoms with Gasteiger partial charge in [0.05, 0.1) is 21.4 Å². The molecule has 3 heterocycles. The van der Waals surface area contributed by atoms with E-state index < -0.39 is 5.67 Å². The van der Waals surface area contributed by atoms with E-state index in [4.69, 9.17) is 0 Å². The standard InChI is InChI=1S/C20H13F2N5S/c1-20(22,13-5-6-16-17(10-13)28-11-23-16)19-25-24-18-8-7-15(26-27(18)19)12-3-2-4-14(21)9-12/h2-11H,1H3. The molecule has 0 amide bonds. The van der Waals surface area contributed by atoms with Gasteiger partial charge in [-0.25, -0.2) is 13.8 Å². The number of fused-ring (bicyclic) bond motifs is 2. The first-order valence-electron chi connectivity index (χ1n) is 8.54. The summed E-state index contributed by atoms with van der Waals surface area (Å²) in [6, 6.07) is 14.7. The number of hydrogen-bond acceptors (Lipinski definition) is 5. The maximum absolute atomic E-state index is 15.9. The lowest BCUT2D eigenvalue weighted by molar-refractivity contribution is 0.232.